The van der Waals surface area contributed by atoms with Crippen LogP contribution in [0.1, 0.15) is 42.8 Å². The predicted octanol–water partition coefficient (Wildman–Crippen LogP) is 3.17. The highest BCUT2D eigenvalue weighted by atomic mass is 35.5. The van der Waals surface area contributed by atoms with Gasteiger partial charge >= 0.3 is 0 Å². The summed E-state index contributed by atoms with van der Waals surface area (Å²) in [6.45, 7) is 6.26. The summed E-state index contributed by atoms with van der Waals surface area (Å²) in [5, 5.41) is 5.31. The summed E-state index contributed by atoms with van der Waals surface area (Å²) in [6, 6.07) is 8.29. The molecule has 1 heterocycles. The van der Waals surface area contributed by atoms with Gasteiger partial charge in [0, 0.05) is 23.7 Å². The van der Waals surface area contributed by atoms with Gasteiger partial charge in [-0.15, -0.1) is 0 Å². The molecule has 0 aliphatic rings. The van der Waals surface area contributed by atoms with Crippen molar-refractivity contribution in [2.45, 2.75) is 39.3 Å². The highest BCUT2D eigenvalue weighted by Gasteiger charge is 2.15. The van der Waals surface area contributed by atoms with Gasteiger partial charge < -0.3 is 0 Å². The Labute approximate surface area is 124 Å². The molecule has 3 N–H and O–H groups in total. The topological polar surface area (TPSA) is 55.9 Å². The molecule has 1 aromatic carbocycles. The summed E-state index contributed by atoms with van der Waals surface area (Å²) in [5.41, 5.74) is 6.17. The van der Waals surface area contributed by atoms with Crippen LogP contribution in [0.15, 0.2) is 30.5 Å². The molecule has 0 amide bonds. The third-order valence-electron chi connectivity index (χ3n) is 3.41. The smallest absolute Gasteiger partial charge is 0.0644 e. The predicted molar refractivity (Wildman–Crippen MR) is 82.6 cm³/mol. The molecule has 1 unspecified atom stereocenters. The number of hydrazine groups is 1. The minimum Gasteiger partial charge on any atom is -0.271 e. The molecule has 20 heavy (non-hydrogen) atoms. The zero-order chi connectivity index (χ0) is 14.7. The Morgan fingerprint density at radius 3 is 2.65 bits per heavy atom. The molecule has 5 heteroatoms. The van der Waals surface area contributed by atoms with Crippen LogP contribution in [0.25, 0.3) is 0 Å². The maximum absolute atomic E-state index is 6.00. The number of rotatable bonds is 5. The average molecular weight is 293 g/mol. The molecule has 2 aromatic rings. The normalized spacial score (nSPS) is 12.9. The van der Waals surface area contributed by atoms with Gasteiger partial charge in [0.1, 0.15) is 0 Å². The summed E-state index contributed by atoms with van der Waals surface area (Å²) in [5.74, 6) is 5.71. The van der Waals surface area contributed by atoms with Gasteiger partial charge in [-0.05, 0) is 50.1 Å². The third-order valence-corrected chi connectivity index (χ3v) is 3.65. The highest BCUT2D eigenvalue weighted by Crippen LogP contribution is 2.23. The van der Waals surface area contributed by atoms with Crippen LogP contribution in [-0.4, -0.2) is 9.78 Å². The first kappa shape index (κ1) is 15.0. The number of aromatic nitrogens is 2. The van der Waals surface area contributed by atoms with Crippen molar-refractivity contribution in [2.24, 2.45) is 5.84 Å². The van der Waals surface area contributed by atoms with Gasteiger partial charge in [-0.25, -0.2) is 0 Å². The van der Waals surface area contributed by atoms with Crippen molar-refractivity contribution in [3.63, 3.8) is 0 Å². The lowest BCUT2D eigenvalue weighted by atomic mass is 9.98. The third kappa shape index (κ3) is 3.39. The lowest BCUT2D eigenvalue weighted by Gasteiger charge is -2.18. The van der Waals surface area contributed by atoms with Gasteiger partial charge in [-0.1, -0.05) is 17.7 Å². The summed E-state index contributed by atoms with van der Waals surface area (Å²) >= 11 is 6.00. The molecule has 1 atom stereocenters. The number of nitrogens with one attached hydrogen (secondary N) is 1. The van der Waals surface area contributed by atoms with Crippen LogP contribution in [-0.2, 0) is 6.42 Å². The van der Waals surface area contributed by atoms with Gasteiger partial charge in [0.05, 0.1) is 11.7 Å². The Morgan fingerprint density at radius 1 is 1.35 bits per heavy atom. The second kappa shape index (κ2) is 6.39. The Bertz CT molecular complexity index is 577. The fraction of sp³-hybridized carbons (Fsp3) is 0.400. The second-order valence-electron chi connectivity index (χ2n) is 5.31. The van der Waals surface area contributed by atoms with Crippen LogP contribution >= 0.6 is 11.6 Å². The van der Waals surface area contributed by atoms with Crippen molar-refractivity contribution in [3.8, 4) is 0 Å². The first-order chi connectivity index (χ1) is 9.51. The van der Waals surface area contributed by atoms with E-state index in [0.29, 0.717) is 6.04 Å². The first-order valence-corrected chi connectivity index (χ1v) is 7.15. The van der Waals surface area contributed by atoms with Crippen LogP contribution in [0.2, 0.25) is 5.02 Å². The Balaban J connectivity index is 2.19. The number of benzene rings is 1. The van der Waals surface area contributed by atoms with E-state index in [1.54, 1.807) is 0 Å². The van der Waals surface area contributed by atoms with Crippen LogP contribution in [0.5, 0.6) is 0 Å². The van der Waals surface area contributed by atoms with Crippen molar-refractivity contribution in [3.05, 3.63) is 52.3 Å². The van der Waals surface area contributed by atoms with E-state index < -0.39 is 0 Å². The van der Waals surface area contributed by atoms with Gasteiger partial charge in [0.15, 0.2) is 0 Å². The summed E-state index contributed by atoms with van der Waals surface area (Å²) in [6.07, 6.45) is 2.75. The molecule has 4 nitrogen and oxygen atoms in total. The van der Waals surface area contributed by atoms with Crippen LogP contribution in [0, 0.1) is 6.92 Å². The molecule has 0 spiro atoms. The first-order valence-electron chi connectivity index (χ1n) is 6.77. The zero-order valence-corrected chi connectivity index (χ0v) is 12.9. The average Bonchev–Trinajstić information content (AvgIpc) is 2.85. The molecule has 0 saturated heterocycles. The van der Waals surface area contributed by atoms with Crippen molar-refractivity contribution in [1.29, 1.82) is 0 Å². The van der Waals surface area contributed by atoms with Gasteiger partial charge in [-0.2, -0.15) is 5.10 Å². The van der Waals surface area contributed by atoms with E-state index in [1.165, 1.54) is 0 Å². The number of hydrogen-bond acceptors (Lipinski definition) is 3. The fourth-order valence-electron chi connectivity index (χ4n) is 2.27. The Morgan fingerprint density at radius 2 is 2.10 bits per heavy atom. The molecule has 0 saturated carbocycles. The van der Waals surface area contributed by atoms with E-state index in [0.717, 1.165) is 28.3 Å². The quantitative estimate of drug-likeness (QED) is 0.657. The van der Waals surface area contributed by atoms with E-state index in [9.17, 15) is 0 Å². The van der Waals surface area contributed by atoms with Crippen LogP contribution < -0.4 is 11.3 Å². The highest BCUT2D eigenvalue weighted by molar-refractivity contribution is 6.30. The molecule has 0 bridgehead atoms. The fourth-order valence-corrected chi connectivity index (χ4v) is 2.50. The minimum atomic E-state index is 0.0304. The lowest BCUT2D eigenvalue weighted by Crippen LogP contribution is -2.30. The van der Waals surface area contributed by atoms with Crippen molar-refractivity contribution in [2.75, 3.05) is 0 Å². The summed E-state index contributed by atoms with van der Waals surface area (Å²) < 4.78 is 1.96. The second-order valence-corrected chi connectivity index (χ2v) is 5.74. The van der Waals surface area contributed by atoms with Gasteiger partial charge in [-0.3, -0.25) is 16.0 Å². The number of nitrogens with zero attached hydrogens (tertiary/aromatic N) is 2. The van der Waals surface area contributed by atoms with Crippen LogP contribution in [0.3, 0.4) is 0 Å². The molecule has 0 fully saturated rings. The molecule has 0 aliphatic carbocycles. The largest absolute Gasteiger partial charge is 0.271 e. The molecule has 1 aromatic heterocycles. The van der Waals surface area contributed by atoms with E-state index in [2.05, 4.69) is 24.4 Å². The number of aryl methyl sites for hydroxylation is 1. The minimum absolute atomic E-state index is 0.0304. The molecule has 2 rings (SSSR count). The Hall–Kier alpha value is -1.36. The van der Waals surface area contributed by atoms with E-state index in [-0.39, 0.29) is 6.04 Å². The SMILES string of the molecule is Cc1cc(Cl)ccc1C(Cc1ccn(C(C)C)n1)NN. The Kier molecular flexibility index (Phi) is 4.81. The zero-order valence-electron chi connectivity index (χ0n) is 12.1. The molecular formula is C15H21ClN4. The van der Waals surface area contributed by atoms with Crippen molar-refractivity contribution < 1.29 is 0 Å². The summed E-state index contributed by atoms with van der Waals surface area (Å²) in [7, 11) is 0. The summed E-state index contributed by atoms with van der Waals surface area (Å²) in [4.78, 5) is 0. The number of nitrogens with two attached hydrogens (primary N) is 1. The molecular weight excluding hydrogens is 272 g/mol. The molecule has 108 valence electrons. The maximum Gasteiger partial charge on any atom is 0.0644 e. The van der Waals surface area contributed by atoms with E-state index in [4.69, 9.17) is 17.4 Å². The van der Waals surface area contributed by atoms with Crippen molar-refractivity contribution in [1.82, 2.24) is 15.2 Å². The van der Waals surface area contributed by atoms with Crippen molar-refractivity contribution >= 4 is 11.6 Å². The van der Waals surface area contributed by atoms with Gasteiger partial charge in [0.2, 0.25) is 0 Å². The monoisotopic (exact) mass is 292 g/mol. The maximum atomic E-state index is 6.00. The standard InChI is InChI=1S/C15H21ClN4/c1-10(2)20-7-6-13(19-20)9-15(18-17)14-5-4-12(16)8-11(14)3/h4-8,10,15,18H,9,17H2,1-3H3. The number of hydrogen-bond donors (Lipinski definition) is 2. The lowest BCUT2D eigenvalue weighted by molar-refractivity contribution is 0.506. The van der Waals surface area contributed by atoms with E-state index in [1.807, 2.05) is 42.1 Å². The van der Waals surface area contributed by atoms with Crippen LogP contribution in [0.4, 0.5) is 0 Å². The number of halogens is 1. The molecule has 0 radical (unpaired) electrons. The van der Waals surface area contributed by atoms with E-state index >= 15 is 0 Å². The van der Waals surface area contributed by atoms with Gasteiger partial charge in [0.25, 0.3) is 0 Å². The molecule has 0 aliphatic heterocycles.